The van der Waals surface area contributed by atoms with E-state index in [1.165, 1.54) is 0 Å². The number of alkyl halides is 1. The Morgan fingerprint density at radius 3 is 2.50 bits per heavy atom. The Labute approximate surface area is 109 Å². The van der Waals surface area contributed by atoms with Crippen LogP contribution in [0.5, 0.6) is 0 Å². The molecule has 1 aromatic rings. The third-order valence-corrected chi connectivity index (χ3v) is 3.51. The summed E-state index contributed by atoms with van der Waals surface area (Å²) in [5, 5.41) is 0. The number of carbonyl (C=O) groups is 1. The summed E-state index contributed by atoms with van der Waals surface area (Å²) in [6, 6.07) is 9.62. The maximum atomic E-state index is 11.9. The van der Waals surface area contributed by atoms with Crippen molar-refractivity contribution < 1.29 is 15.3 Å². The van der Waals surface area contributed by atoms with Crippen LogP contribution in [0.15, 0.2) is 30.3 Å². The van der Waals surface area contributed by atoms with Gasteiger partial charge in [-0.3, -0.25) is 4.79 Å². The molecule has 0 aliphatic carbocycles. The lowest BCUT2D eigenvalue weighted by molar-refractivity contribution is -0.395. The van der Waals surface area contributed by atoms with Crippen LogP contribution in [-0.4, -0.2) is 18.1 Å². The predicted molar refractivity (Wildman–Crippen MR) is 71.1 cm³/mol. The Kier molecular flexibility index (Phi) is 4.73. The van der Waals surface area contributed by atoms with Crippen molar-refractivity contribution in [1.29, 1.82) is 0 Å². The van der Waals surface area contributed by atoms with Crippen LogP contribution in [0, 0.1) is 0 Å². The molecule has 1 atom stereocenters. The zero-order valence-corrected chi connectivity index (χ0v) is 11.7. The first-order valence-corrected chi connectivity index (χ1v) is 6.42. The lowest BCUT2D eigenvalue weighted by atomic mass is 10.1. The summed E-state index contributed by atoms with van der Waals surface area (Å²) in [7, 11) is 0. The molecule has 0 fully saturated rings. The number of ether oxygens (including phenoxy) is 1. The van der Waals surface area contributed by atoms with Crippen molar-refractivity contribution in [2.45, 2.75) is 23.4 Å². The maximum absolute atomic E-state index is 11.9. The van der Waals surface area contributed by atoms with Gasteiger partial charge in [0, 0.05) is 0 Å². The monoisotopic (exact) mass is 334 g/mol. The van der Waals surface area contributed by atoms with Crippen molar-refractivity contribution in [3.05, 3.63) is 35.9 Å². The lowest BCUT2D eigenvalue weighted by Gasteiger charge is -2.22. The third kappa shape index (κ3) is 3.75. The molecule has 0 saturated carbocycles. The Balaban J connectivity index is 2.69. The topological polar surface area (TPSA) is 53.9 Å². The van der Waals surface area contributed by atoms with Crippen molar-refractivity contribution >= 4 is 28.6 Å². The molecule has 1 rings (SSSR count). The summed E-state index contributed by atoms with van der Waals surface area (Å²) >= 11 is 2.09. The summed E-state index contributed by atoms with van der Waals surface area (Å²) in [4.78, 5) is 11.9. The molecule has 0 bridgehead atoms. The van der Waals surface area contributed by atoms with Gasteiger partial charge in [0.25, 0.3) is 0 Å². The number of esters is 1. The van der Waals surface area contributed by atoms with E-state index in [9.17, 15) is 4.79 Å². The standard InChI is InChI=1S/C12H16INO2/c1-12(2,8-14)16-11(15)10(13)9-6-4-3-5-7-9/h3-7,10H,8,14H2,1-2H3/p+1. The average Bonchev–Trinajstić information content (AvgIpc) is 2.28. The minimum absolute atomic E-state index is 0.208. The largest absolute Gasteiger partial charge is 0.453 e. The Morgan fingerprint density at radius 1 is 1.44 bits per heavy atom. The summed E-state index contributed by atoms with van der Waals surface area (Å²) in [6.45, 7) is 4.30. The first-order chi connectivity index (χ1) is 7.46. The van der Waals surface area contributed by atoms with E-state index in [0.29, 0.717) is 6.54 Å². The minimum atomic E-state index is -0.491. The van der Waals surface area contributed by atoms with Gasteiger partial charge in [-0.15, -0.1) is 0 Å². The van der Waals surface area contributed by atoms with Gasteiger partial charge in [-0.2, -0.15) is 0 Å². The van der Waals surface area contributed by atoms with E-state index >= 15 is 0 Å². The fraction of sp³-hybridized carbons (Fsp3) is 0.417. The van der Waals surface area contributed by atoms with Crippen LogP contribution in [0.2, 0.25) is 0 Å². The van der Waals surface area contributed by atoms with Crippen molar-refractivity contribution in [2.24, 2.45) is 0 Å². The second kappa shape index (κ2) is 5.63. The normalized spacial score (nSPS) is 13.2. The van der Waals surface area contributed by atoms with Gasteiger partial charge < -0.3 is 10.5 Å². The van der Waals surface area contributed by atoms with E-state index in [4.69, 9.17) is 4.74 Å². The van der Waals surface area contributed by atoms with Crippen molar-refractivity contribution in [1.82, 2.24) is 0 Å². The molecule has 0 spiro atoms. The molecule has 0 saturated heterocycles. The second-order valence-electron chi connectivity index (χ2n) is 4.20. The number of rotatable bonds is 4. The quantitative estimate of drug-likeness (QED) is 0.518. The minimum Gasteiger partial charge on any atom is -0.453 e. The molecule has 0 amide bonds. The molecule has 1 unspecified atom stereocenters. The smallest absolute Gasteiger partial charge is 0.324 e. The molecule has 3 N–H and O–H groups in total. The SMILES string of the molecule is CC(C)(C[NH3+])OC(=O)C(I)c1ccccc1. The Bertz CT molecular complexity index is 351. The molecule has 0 aliphatic rings. The van der Waals surface area contributed by atoms with Crippen molar-refractivity contribution in [2.75, 3.05) is 6.54 Å². The number of hydrogen-bond donors (Lipinski definition) is 1. The van der Waals surface area contributed by atoms with E-state index in [-0.39, 0.29) is 9.89 Å². The van der Waals surface area contributed by atoms with Crippen LogP contribution in [0.25, 0.3) is 0 Å². The number of hydrogen-bond acceptors (Lipinski definition) is 2. The van der Waals surface area contributed by atoms with Crippen LogP contribution in [0.1, 0.15) is 23.3 Å². The molecule has 3 nitrogen and oxygen atoms in total. The lowest BCUT2D eigenvalue weighted by Crippen LogP contribution is -2.60. The van der Waals surface area contributed by atoms with Crippen molar-refractivity contribution in [3.63, 3.8) is 0 Å². The van der Waals surface area contributed by atoms with Crippen LogP contribution in [0.4, 0.5) is 0 Å². The molecular formula is C12H17INO2+. The third-order valence-electron chi connectivity index (χ3n) is 2.28. The fourth-order valence-electron chi connectivity index (χ4n) is 1.13. The number of benzene rings is 1. The van der Waals surface area contributed by atoms with E-state index in [1.54, 1.807) is 0 Å². The van der Waals surface area contributed by atoms with Gasteiger partial charge in [-0.25, -0.2) is 0 Å². The molecule has 16 heavy (non-hydrogen) atoms. The zero-order chi connectivity index (χ0) is 12.2. The van der Waals surface area contributed by atoms with Crippen LogP contribution < -0.4 is 5.73 Å². The first kappa shape index (κ1) is 13.4. The van der Waals surface area contributed by atoms with E-state index in [2.05, 4.69) is 28.3 Å². The summed E-state index contributed by atoms with van der Waals surface area (Å²) in [5.74, 6) is -0.208. The molecule has 0 heterocycles. The molecule has 88 valence electrons. The van der Waals surface area contributed by atoms with Crippen LogP contribution >= 0.6 is 22.6 Å². The second-order valence-corrected chi connectivity index (χ2v) is 5.45. The summed E-state index contributed by atoms with van der Waals surface area (Å²) in [5.41, 5.74) is 4.24. The Hall–Kier alpha value is -0.620. The van der Waals surface area contributed by atoms with Crippen molar-refractivity contribution in [3.8, 4) is 0 Å². The predicted octanol–water partition coefficient (Wildman–Crippen LogP) is 1.73. The van der Waals surface area contributed by atoms with Crippen LogP contribution in [-0.2, 0) is 9.53 Å². The van der Waals surface area contributed by atoms with Crippen LogP contribution in [0.3, 0.4) is 0 Å². The number of carbonyl (C=O) groups excluding carboxylic acids is 1. The molecule has 0 aromatic heterocycles. The van der Waals surface area contributed by atoms with E-state index < -0.39 is 5.60 Å². The fourth-order valence-corrected chi connectivity index (χ4v) is 1.68. The summed E-state index contributed by atoms with van der Waals surface area (Å²) in [6.07, 6.45) is 0. The summed E-state index contributed by atoms with van der Waals surface area (Å²) < 4.78 is 5.13. The van der Waals surface area contributed by atoms with Gasteiger partial charge >= 0.3 is 5.97 Å². The molecule has 4 heteroatoms. The van der Waals surface area contributed by atoms with Gasteiger partial charge in [0.2, 0.25) is 0 Å². The Morgan fingerprint density at radius 2 is 2.00 bits per heavy atom. The average molecular weight is 334 g/mol. The molecule has 1 aromatic carbocycles. The number of halogens is 1. The highest BCUT2D eigenvalue weighted by Gasteiger charge is 2.27. The highest BCUT2D eigenvalue weighted by atomic mass is 127. The highest BCUT2D eigenvalue weighted by molar-refractivity contribution is 14.1. The highest BCUT2D eigenvalue weighted by Crippen LogP contribution is 2.26. The van der Waals surface area contributed by atoms with Gasteiger partial charge in [0.05, 0.1) is 0 Å². The number of quaternary nitrogens is 1. The molecule has 0 radical (unpaired) electrons. The van der Waals surface area contributed by atoms with Gasteiger partial charge in [-0.1, -0.05) is 52.9 Å². The van der Waals surface area contributed by atoms with E-state index in [0.717, 1.165) is 5.56 Å². The zero-order valence-electron chi connectivity index (χ0n) is 9.57. The van der Waals surface area contributed by atoms with Gasteiger partial charge in [-0.05, 0) is 19.4 Å². The van der Waals surface area contributed by atoms with Gasteiger partial charge in [0.15, 0.2) is 5.60 Å². The first-order valence-electron chi connectivity index (χ1n) is 5.17. The van der Waals surface area contributed by atoms with Gasteiger partial charge in [0.1, 0.15) is 10.5 Å². The molecule has 0 aliphatic heterocycles. The van der Waals surface area contributed by atoms with E-state index in [1.807, 2.05) is 44.2 Å². The maximum Gasteiger partial charge on any atom is 0.324 e. The molecular weight excluding hydrogens is 317 g/mol.